The zero-order valence-electron chi connectivity index (χ0n) is 68.0. The molecule has 0 bridgehead atoms. The zero-order chi connectivity index (χ0) is 88.4. The lowest BCUT2D eigenvalue weighted by Crippen LogP contribution is -2.55. The van der Waals surface area contributed by atoms with Crippen LogP contribution in [0.1, 0.15) is 71.9 Å². The number of ether oxygens (including phenoxy) is 2. The second-order valence-corrected chi connectivity index (χ2v) is 43.7. The zero-order valence-corrected chi connectivity index (χ0v) is 71.6. The number of halogens is 4. The van der Waals surface area contributed by atoms with Crippen LogP contribution in [0.3, 0.4) is 0 Å². The van der Waals surface area contributed by atoms with E-state index in [-0.39, 0.29) is 101 Å². The van der Waals surface area contributed by atoms with Gasteiger partial charge in [-0.1, -0.05) is 153 Å². The van der Waals surface area contributed by atoms with Gasteiger partial charge in [-0.3, -0.25) is 44.1 Å². The smallest absolute Gasteiger partial charge is 0.327 e. The van der Waals surface area contributed by atoms with Gasteiger partial charge in [0.05, 0.1) is 19.6 Å². The van der Waals surface area contributed by atoms with Gasteiger partial charge >= 0.3 is 18.1 Å². The van der Waals surface area contributed by atoms with Crippen LogP contribution in [0.2, 0.25) is 51.4 Å². The number of imide groups is 3. The third-order valence-corrected chi connectivity index (χ3v) is 24.5. The highest BCUT2D eigenvalue weighted by molar-refractivity contribution is 9.10. The molecule has 37 heteroatoms. The van der Waals surface area contributed by atoms with E-state index in [1.54, 1.807) is 91.5 Å². The number of fused-ring (bicyclic) bond motifs is 3. The molecule has 4 N–H and O–H groups in total. The Hall–Kier alpha value is -11.7. The van der Waals surface area contributed by atoms with Gasteiger partial charge in [0.1, 0.15) is 30.9 Å². The number of benzene rings is 6. The molecule has 0 spiro atoms. The van der Waals surface area contributed by atoms with E-state index in [1.165, 1.54) is 58.2 Å². The summed E-state index contributed by atoms with van der Waals surface area (Å²) < 4.78 is 53.4. The third kappa shape index (κ3) is 23.3. The second-order valence-electron chi connectivity index (χ2n) is 31.6. The molecule has 8 heterocycles. The number of aromatic nitrogens is 2. The van der Waals surface area contributed by atoms with Crippen molar-refractivity contribution in [3.63, 3.8) is 0 Å². The van der Waals surface area contributed by atoms with Crippen molar-refractivity contribution in [2.75, 3.05) is 46.3 Å². The van der Waals surface area contributed by atoms with Crippen molar-refractivity contribution in [3.8, 4) is 22.3 Å². The number of hydrogen-bond acceptors (Lipinski definition) is 13. The largest absolute Gasteiger partial charge is 0.361 e. The number of urea groups is 3. The van der Waals surface area contributed by atoms with E-state index in [0.717, 1.165) is 48.6 Å². The van der Waals surface area contributed by atoms with E-state index >= 15 is 0 Å². The van der Waals surface area contributed by atoms with Crippen molar-refractivity contribution in [2.45, 2.75) is 95.0 Å². The molecule has 12 amide bonds. The van der Waals surface area contributed by atoms with Crippen LogP contribution in [0, 0.1) is 17.5 Å². The normalized spacial score (nSPS) is 17.5. The number of rotatable bonds is 24. The maximum absolute atomic E-state index is 14.0. The number of hydrogen-bond donors (Lipinski definition) is 4. The average molecular weight is 1740 g/mol. The highest BCUT2D eigenvalue weighted by Gasteiger charge is 2.57. The monoisotopic (exact) mass is 1740 g/mol. The highest BCUT2D eigenvalue weighted by Crippen LogP contribution is 2.39. The van der Waals surface area contributed by atoms with Crippen molar-refractivity contribution in [3.05, 3.63) is 302 Å². The average Bonchev–Trinajstić information content (AvgIpc) is 1.60. The summed E-state index contributed by atoms with van der Waals surface area (Å²) in [4.78, 5) is 132. The summed E-state index contributed by atoms with van der Waals surface area (Å²) in [5.74, 6) is -4.15. The van der Waals surface area contributed by atoms with Gasteiger partial charge in [0.15, 0.2) is 16.6 Å². The first kappa shape index (κ1) is 95.1. The molecule has 3 atom stereocenters. The Bertz CT molecular complexity index is 5540. The van der Waals surface area contributed by atoms with Crippen molar-refractivity contribution < 1.29 is 65.8 Å². The standard InChI is InChI=1S/C29H31FN4O4Si.C24H27BrFN3O4Si.C23H17FN4O3.C9H4.CH4.B9/c1-39(2,3)15-14-38-19-34-27(36)29(32-28(34)37,18-33-17-22-6-9-24(30)16-25(22)26(33)35)23-7-4-20(5-8-23)21-10-12-31-13-11-21;1-34(2,3)11-10-33-15-29-22(31)24(27-23(29)32,17-5-7-18(25)8-6-17)14-28-13-16-4-9-19(26)12-20(16)21(28)30;24-18-6-3-16-12-28(20(29)19(16)11-18)13-23(21(30)26-22(31)27-23)17-4-1-14(2-5-17)15-7-9-25-10-8-15;1-3-5-7-9-8-6-4-2;;1-6-9(7(2)3)8(4)5/h4-13,16H,14-15,17-19H2,1-3H3,(H,32,37);4-9,12H,10-11,13-15H2,1-3H3,(H,27,32);1-11H,12-13H2,(H2,26,27,30,31);1-2H2;1H4;/t29-;24-;23-;;;/m000.../s1. The fraction of sp³-hybridized carbons (Fsp3) is 0.256. The minimum atomic E-state index is -1.52. The molecule has 611 valence electrons. The number of carbonyl (C=O) groups is 9. The third-order valence-electron chi connectivity index (χ3n) is 20.5. The lowest BCUT2D eigenvalue weighted by Gasteiger charge is -2.32. The topological polar surface area (TPSA) is 262 Å². The molecular formula is C86H83B9BrF3N11O11Si2. The molecule has 6 aliphatic rings. The fourth-order valence-corrected chi connectivity index (χ4v) is 15.7. The SMILES string of the molecule is C.C=C=C=C=C=C=C=C=C.C[Si](C)(C)CCOCN1C(=O)N[C@@](CN2Cc3ccc(F)cc3C2=O)(c2ccc(-c3ccncc3)cc2)C1=O.C[Si](C)(C)CCOCN1C(=O)N[C@@](CN2Cc3ccc(F)cc3C2=O)(c2ccc(Br)cc2)C1=O.O=C1NC(=O)[C@](CN2Cc3ccc(F)cc3C2=O)(c2ccc(-c3ccncc3)cc2)N1.[B][B]B(B([B])[B])B([B])[B]. The van der Waals surface area contributed by atoms with Crippen molar-refractivity contribution >= 4 is 151 Å². The van der Waals surface area contributed by atoms with Crippen LogP contribution in [0.4, 0.5) is 27.6 Å². The molecule has 0 aliphatic carbocycles. The Kier molecular flexibility index (Phi) is 32.4. The molecule has 123 heavy (non-hydrogen) atoms. The van der Waals surface area contributed by atoms with Gasteiger partial charge in [0.2, 0.25) is 0 Å². The number of carbonyl (C=O) groups excluding carboxylic acids is 9. The van der Waals surface area contributed by atoms with Gasteiger partial charge in [-0.05, 0) is 182 Å². The minimum absolute atomic E-state index is 0. The molecule has 11 radical (unpaired) electrons. The minimum Gasteiger partial charge on any atom is -0.361 e. The summed E-state index contributed by atoms with van der Waals surface area (Å²) >= 11 is 3.39. The van der Waals surface area contributed by atoms with E-state index in [2.05, 4.69) is 140 Å². The fourth-order valence-electron chi connectivity index (χ4n) is 13.9. The summed E-state index contributed by atoms with van der Waals surface area (Å²) in [6, 6.07) is 41.3. The van der Waals surface area contributed by atoms with Gasteiger partial charge in [0, 0.05) is 160 Å². The summed E-state index contributed by atoms with van der Waals surface area (Å²) in [5, 5.41) is 10.7. The Morgan fingerprint density at radius 2 is 0.805 bits per heavy atom. The summed E-state index contributed by atoms with van der Waals surface area (Å²) in [5.41, 5.74) is 20.8. The molecular weight excluding hydrogens is 1650 g/mol. The van der Waals surface area contributed by atoms with Crippen molar-refractivity contribution in [2.24, 2.45) is 0 Å². The van der Waals surface area contributed by atoms with Gasteiger partial charge in [0.25, 0.3) is 35.4 Å². The van der Waals surface area contributed by atoms with Crippen molar-refractivity contribution in [1.82, 2.24) is 55.7 Å². The van der Waals surface area contributed by atoms with Crippen LogP contribution in [0.5, 0.6) is 0 Å². The first-order valence-corrected chi connectivity index (χ1v) is 46.7. The summed E-state index contributed by atoms with van der Waals surface area (Å²) in [6.45, 7) is 20.8. The Morgan fingerprint density at radius 3 is 1.11 bits per heavy atom. The lowest BCUT2D eigenvalue weighted by molar-refractivity contribution is -0.136. The van der Waals surface area contributed by atoms with E-state index < -0.39 is 98.8 Å². The molecule has 6 aliphatic heterocycles. The van der Waals surface area contributed by atoms with Gasteiger partial charge < -0.3 is 40.1 Å². The maximum Gasteiger partial charge on any atom is 0.327 e. The number of pyridine rings is 2. The van der Waals surface area contributed by atoms with Crippen LogP contribution < -0.4 is 21.3 Å². The quantitative estimate of drug-likeness (QED) is 0.0190. The molecule has 3 fully saturated rings. The maximum atomic E-state index is 14.0. The van der Waals surface area contributed by atoms with E-state index in [9.17, 15) is 56.3 Å². The van der Waals surface area contributed by atoms with Crippen LogP contribution >= 0.6 is 15.9 Å². The van der Waals surface area contributed by atoms with E-state index in [1.807, 2.05) is 48.5 Å². The second kappa shape index (κ2) is 41.9. The van der Waals surface area contributed by atoms with Gasteiger partial charge in [-0.2, -0.15) is 0 Å². The Morgan fingerprint density at radius 1 is 0.480 bits per heavy atom. The molecule has 2 aromatic heterocycles. The first-order chi connectivity index (χ1) is 58.0. The first-order valence-electron chi connectivity index (χ1n) is 38.5. The molecule has 3 saturated heterocycles. The number of amides is 12. The summed E-state index contributed by atoms with van der Waals surface area (Å²) in [6.07, 6.45) is 5.31. The van der Waals surface area contributed by atoms with Crippen LogP contribution in [-0.4, -0.2) is 215 Å². The van der Waals surface area contributed by atoms with Crippen LogP contribution in [0.15, 0.2) is 234 Å². The molecule has 8 aromatic rings. The van der Waals surface area contributed by atoms with Crippen LogP contribution in [-0.2, 0) is 60.1 Å². The Labute approximate surface area is 732 Å². The summed E-state index contributed by atoms with van der Waals surface area (Å²) in [7, 11) is 24.8. The van der Waals surface area contributed by atoms with Gasteiger partial charge in [-0.15, -0.1) is 0 Å². The number of nitrogens with one attached hydrogen (secondary N) is 4. The highest BCUT2D eigenvalue weighted by atomic mass is 79.9. The Balaban J connectivity index is 0.000000190. The van der Waals surface area contributed by atoms with Crippen LogP contribution in [0.25, 0.3) is 22.3 Å². The molecule has 6 aromatic carbocycles. The number of nitrogens with zero attached hydrogens (tertiary/aromatic N) is 7. The van der Waals surface area contributed by atoms with Crippen molar-refractivity contribution in [1.29, 1.82) is 0 Å². The van der Waals surface area contributed by atoms with Gasteiger partial charge in [-0.25, -0.2) is 37.4 Å². The van der Waals surface area contributed by atoms with E-state index in [4.69, 9.17) is 48.2 Å². The molecule has 0 saturated carbocycles. The molecule has 14 rings (SSSR count). The predicted octanol–water partition coefficient (Wildman–Crippen LogP) is 10.6. The molecule has 22 nitrogen and oxygen atoms in total. The van der Waals surface area contributed by atoms with E-state index in [0.29, 0.717) is 46.6 Å². The molecule has 0 unspecified atom stereocenters. The lowest BCUT2D eigenvalue weighted by atomic mass is 8.64. The predicted molar refractivity (Wildman–Crippen MR) is 482 cm³/mol.